The van der Waals surface area contributed by atoms with E-state index in [1.54, 1.807) is 0 Å². The Morgan fingerprint density at radius 2 is 1.04 bits per heavy atom. The zero-order chi connectivity index (χ0) is 37.5. The van der Waals surface area contributed by atoms with E-state index in [1.165, 1.54) is 77.0 Å². The number of alkyl halides is 1. The van der Waals surface area contributed by atoms with E-state index in [1.807, 2.05) is 6.92 Å². The molecule has 1 N–H and O–H groups in total. The van der Waals surface area contributed by atoms with E-state index < -0.39 is 0 Å². The highest BCUT2D eigenvalue weighted by atomic mass is 19.1. The van der Waals surface area contributed by atoms with Crippen molar-refractivity contribution in [2.75, 3.05) is 46.1 Å². The Morgan fingerprint density at radius 1 is 0.569 bits per heavy atom. The second-order valence-electron chi connectivity index (χ2n) is 15.5. The third-order valence-corrected chi connectivity index (χ3v) is 10.5. The molecule has 304 valence electrons. The molecule has 0 aliphatic carbocycles. The van der Waals surface area contributed by atoms with E-state index in [4.69, 9.17) is 9.47 Å². The predicted octanol–water partition coefficient (Wildman–Crippen LogP) is 12.3. The van der Waals surface area contributed by atoms with E-state index >= 15 is 0 Å². The van der Waals surface area contributed by atoms with Crippen molar-refractivity contribution in [3.63, 3.8) is 0 Å². The molecule has 0 aromatic rings. The van der Waals surface area contributed by atoms with Crippen molar-refractivity contribution >= 4 is 11.9 Å². The molecule has 0 saturated heterocycles. The fraction of sp³-hybridized carbons (Fsp3) is 0.955. The average Bonchev–Trinajstić information content (AvgIpc) is 3.13. The number of ether oxygens (including phenoxy) is 2. The van der Waals surface area contributed by atoms with Gasteiger partial charge in [-0.15, -0.1) is 0 Å². The summed E-state index contributed by atoms with van der Waals surface area (Å²) >= 11 is 0. The van der Waals surface area contributed by atoms with E-state index in [-0.39, 0.29) is 31.1 Å². The van der Waals surface area contributed by atoms with Crippen LogP contribution in [0.2, 0.25) is 0 Å². The number of rotatable bonds is 41. The molecule has 2 atom stereocenters. The number of aliphatic hydroxyl groups excluding tert-OH is 1. The molecule has 0 aromatic carbocycles. The summed E-state index contributed by atoms with van der Waals surface area (Å²) in [4.78, 5) is 27.1. The summed E-state index contributed by atoms with van der Waals surface area (Å²) in [6, 6.07) is 0. The van der Waals surface area contributed by atoms with Crippen molar-refractivity contribution in [1.29, 1.82) is 0 Å². The lowest BCUT2D eigenvalue weighted by Crippen LogP contribution is -2.29. The molecule has 0 rings (SSSR count). The molecule has 51 heavy (non-hydrogen) atoms. The van der Waals surface area contributed by atoms with Crippen molar-refractivity contribution < 1.29 is 28.6 Å². The first-order valence-electron chi connectivity index (χ1n) is 22.2. The van der Waals surface area contributed by atoms with Crippen molar-refractivity contribution in [3.05, 3.63) is 0 Å². The second kappa shape index (κ2) is 40.0. The van der Waals surface area contributed by atoms with Crippen LogP contribution in [0, 0.1) is 11.8 Å². The molecule has 0 saturated carbocycles. The Labute approximate surface area is 316 Å². The Balaban J connectivity index is 3.95. The van der Waals surface area contributed by atoms with Crippen molar-refractivity contribution in [2.45, 2.75) is 213 Å². The smallest absolute Gasteiger partial charge is 0.308 e. The molecule has 0 spiro atoms. The fourth-order valence-corrected chi connectivity index (χ4v) is 6.93. The molecule has 0 bridgehead atoms. The molecule has 7 heteroatoms. The molecule has 0 aliphatic heterocycles. The third-order valence-electron chi connectivity index (χ3n) is 10.5. The summed E-state index contributed by atoms with van der Waals surface area (Å²) in [6.45, 7) is 10.4. The minimum atomic E-state index is -0.195. The van der Waals surface area contributed by atoms with Gasteiger partial charge in [-0.2, -0.15) is 0 Å². The zero-order valence-electron chi connectivity index (χ0n) is 34.2. The number of unbranched alkanes of at least 4 members (excludes halogenated alkanes) is 21. The highest BCUT2D eigenvalue weighted by Gasteiger charge is 2.14. The van der Waals surface area contributed by atoms with Crippen LogP contribution in [-0.4, -0.2) is 68.1 Å². The molecule has 6 nitrogen and oxygen atoms in total. The first-order chi connectivity index (χ1) is 25.0. The third kappa shape index (κ3) is 35.6. The van der Waals surface area contributed by atoms with E-state index in [2.05, 4.69) is 18.7 Å². The van der Waals surface area contributed by atoms with Gasteiger partial charge >= 0.3 is 11.9 Å². The monoisotopic (exact) mass is 728 g/mol. The number of aliphatic hydroxyl groups is 1. The van der Waals surface area contributed by atoms with Gasteiger partial charge in [0.15, 0.2) is 0 Å². The van der Waals surface area contributed by atoms with Crippen molar-refractivity contribution in [2.24, 2.45) is 11.8 Å². The lowest BCUT2D eigenvalue weighted by atomic mass is 9.95. The van der Waals surface area contributed by atoms with Gasteiger partial charge < -0.3 is 19.5 Å². The molecular formula is C44H86FNO5. The molecule has 0 radical (unpaired) electrons. The van der Waals surface area contributed by atoms with Gasteiger partial charge in [-0.05, 0) is 70.4 Å². The molecule has 0 heterocycles. The first-order valence-corrected chi connectivity index (χ1v) is 22.2. The van der Waals surface area contributed by atoms with Gasteiger partial charge in [-0.3, -0.25) is 14.0 Å². The van der Waals surface area contributed by atoms with Crippen molar-refractivity contribution in [3.8, 4) is 0 Å². The van der Waals surface area contributed by atoms with Crippen molar-refractivity contribution in [1.82, 2.24) is 4.90 Å². The van der Waals surface area contributed by atoms with Crippen LogP contribution in [0.25, 0.3) is 0 Å². The Hall–Kier alpha value is -1.21. The van der Waals surface area contributed by atoms with E-state index in [0.717, 1.165) is 122 Å². The maximum atomic E-state index is 12.5. The molecule has 0 aromatic heterocycles. The lowest BCUT2D eigenvalue weighted by molar-refractivity contribution is -0.148. The SMILES string of the molecule is CCCCCCCCCOC(=O)C(C)CCCCCCN(CCO)CCCCCCCC(=O)OCC(CCCCCC)CCCCCCCCF. The summed E-state index contributed by atoms with van der Waals surface area (Å²) in [5, 5.41) is 9.54. The maximum Gasteiger partial charge on any atom is 0.308 e. The van der Waals surface area contributed by atoms with Gasteiger partial charge in [0.25, 0.3) is 0 Å². The molecule has 0 amide bonds. The molecule has 2 unspecified atom stereocenters. The van der Waals surface area contributed by atoms with Crippen LogP contribution >= 0.6 is 0 Å². The van der Waals surface area contributed by atoms with Crippen LogP contribution in [0.4, 0.5) is 4.39 Å². The van der Waals surface area contributed by atoms with Gasteiger partial charge in [0.05, 0.1) is 32.4 Å². The zero-order valence-corrected chi connectivity index (χ0v) is 34.2. The molecular weight excluding hydrogens is 641 g/mol. The van der Waals surface area contributed by atoms with Crippen LogP contribution < -0.4 is 0 Å². The number of hydrogen-bond donors (Lipinski definition) is 1. The number of halogens is 1. The number of esters is 2. The van der Waals surface area contributed by atoms with Crippen LogP contribution in [0.3, 0.4) is 0 Å². The minimum absolute atomic E-state index is 0.0141. The Kier molecular flexibility index (Phi) is 39.0. The van der Waals surface area contributed by atoms with Gasteiger partial charge in [0.2, 0.25) is 0 Å². The van der Waals surface area contributed by atoms with Crippen LogP contribution in [0.5, 0.6) is 0 Å². The normalized spacial score (nSPS) is 12.7. The van der Waals surface area contributed by atoms with Crippen LogP contribution in [-0.2, 0) is 19.1 Å². The fourth-order valence-electron chi connectivity index (χ4n) is 6.93. The van der Waals surface area contributed by atoms with Gasteiger partial charge in [-0.25, -0.2) is 0 Å². The quantitative estimate of drug-likeness (QED) is 0.0499. The minimum Gasteiger partial charge on any atom is -0.465 e. The van der Waals surface area contributed by atoms with E-state index in [9.17, 15) is 19.1 Å². The largest absolute Gasteiger partial charge is 0.465 e. The highest BCUT2D eigenvalue weighted by molar-refractivity contribution is 5.71. The number of nitrogens with zero attached hydrogens (tertiary/aromatic N) is 1. The van der Waals surface area contributed by atoms with Gasteiger partial charge in [0.1, 0.15) is 0 Å². The lowest BCUT2D eigenvalue weighted by Gasteiger charge is -2.21. The first kappa shape index (κ1) is 49.8. The topological polar surface area (TPSA) is 76.1 Å². The number of carbonyl (C=O) groups excluding carboxylic acids is 2. The second-order valence-corrected chi connectivity index (χ2v) is 15.5. The summed E-state index contributed by atoms with van der Waals surface area (Å²) in [6.07, 6.45) is 33.5. The number of hydrogen-bond acceptors (Lipinski definition) is 6. The Bertz CT molecular complexity index is 738. The van der Waals surface area contributed by atoms with Gasteiger partial charge in [-0.1, -0.05) is 156 Å². The number of carbonyl (C=O) groups is 2. The van der Waals surface area contributed by atoms with Crippen LogP contribution in [0.1, 0.15) is 213 Å². The van der Waals surface area contributed by atoms with Crippen LogP contribution in [0.15, 0.2) is 0 Å². The molecule has 0 aliphatic rings. The summed E-state index contributed by atoms with van der Waals surface area (Å²) in [5.41, 5.74) is 0. The summed E-state index contributed by atoms with van der Waals surface area (Å²) in [7, 11) is 0. The summed E-state index contributed by atoms with van der Waals surface area (Å²) < 4.78 is 23.5. The summed E-state index contributed by atoms with van der Waals surface area (Å²) in [5.74, 6) is 0.387. The molecule has 0 fully saturated rings. The van der Waals surface area contributed by atoms with Gasteiger partial charge in [0, 0.05) is 13.0 Å². The standard InChI is InChI=1S/C44H86FNO5/c1-4-6-8-10-13-21-29-39-50-44(49)41(3)30-22-17-20-28-36-46(37-38-47)35-27-19-14-16-25-33-43(48)51-40-42(31-23-9-7-5-2)32-24-15-11-12-18-26-34-45/h41-42,47H,4-40H2,1-3H3. The maximum absolute atomic E-state index is 12.5. The predicted molar refractivity (Wildman–Crippen MR) is 214 cm³/mol. The van der Waals surface area contributed by atoms with E-state index in [0.29, 0.717) is 32.0 Å². The average molecular weight is 728 g/mol. The Morgan fingerprint density at radius 3 is 1.61 bits per heavy atom. The highest BCUT2D eigenvalue weighted by Crippen LogP contribution is 2.20.